The topological polar surface area (TPSA) is 4.93 Å². The standard InChI is InChI=1S/C18H11N/c1-2-8-14(9-3-1)19-17-12-6-4-10-15(17)16-11-5-7-13-18(16)19/h1-4,6-9,11-13H. The molecule has 1 heterocycles. The third kappa shape index (κ3) is 1.48. The van der Waals surface area contributed by atoms with Gasteiger partial charge < -0.3 is 4.57 Å². The highest BCUT2D eigenvalue weighted by molar-refractivity contribution is 6.08. The summed E-state index contributed by atoms with van der Waals surface area (Å²) in [6.07, 6.45) is 0. The van der Waals surface area contributed by atoms with E-state index in [9.17, 15) is 0 Å². The SMILES string of the molecule is [c]1ccc2c(c1)c1[c]cccc1n2-c1ccccc1. The van der Waals surface area contributed by atoms with Crippen molar-refractivity contribution in [2.75, 3.05) is 0 Å². The number of aromatic nitrogens is 1. The van der Waals surface area contributed by atoms with Crippen molar-refractivity contribution in [3.05, 3.63) is 78.9 Å². The Morgan fingerprint density at radius 1 is 0.789 bits per heavy atom. The molecule has 0 fully saturated rings. The van der Waals surface area contributed by atoms with Gasteiger partial charge in [-0.25, -0.2) is 0 Å². The van der Waals surface area contributed by atoms with E-state index in [1.807, 2.05) is 30.3 Å². The minimum Gasteiger partial charge on any atom is -0.309 e. The van der Waals surface area contributed by atoms with Crippen molar-refractivity contribution in [3.8, 4) is 5.69 Å². The van der Waals surface area contributed by atoms with Crippen molar-refractivity contribution in [2.24, 2.45) is 0 Å². The number of benzene rings is 3. The van der Waals surface area contributed by atoms with Crippen molar-refractivity contribution >= 4 is 21.8 Å². The summed E-state index contributed by atoms with van der Waals surface area (Å²) in [6.45, 7) is 0. The number of hydrogen-bond acceptors (Lipinski definition) is 0. The van der Waals surface area contributed by atoms with Gasteiger partial charge in [-0.15, -0.1) is 0 Å². The zero-order valence-corrected chi connectivity index (χ0v) is 10.3. The van der Waals surface area contributed by atoms with Crippen molar-refractivity contribution in [1.82, 2.24) is 4.57 Å². The first kappa shape index (κ1) is 10.4. The zero-order valence-electron chi connectivity index (χ0n) is 10.3. The van der Waals surface area contributed by atoms with Gasteiger partial charge in [0.25, 0.3) is 0 Å². The van der Waals surface area contributed by atoms with Crippen LogP contribution in [0.5, 0.6) is 0 Å². The molecule has 0 saturated heterocycles. The van der Waals surface area contributed by atoms with Crippen molar-refractivity contribution in [1.29, 1.82) is 0 Å². The van der Waals surface area contributed by atoms with E-state index in [0.717, 1.165) is 5.39 Å². The minimum absolute atomic E-state index is 1.15. The van der Waals surface area contributed by atoms with Crippen LogP contribution >= 0.6 is 0 Å². The van der Waals surface area contributed by atoms with E-state index >= 15 is 0 Å². The summed E-state index contributed by atoms with van der Waals surface area (Å²) in [5, 5.41) is 2.35. The predicted octanol–water partition coefficient (Wildman–Crippen LogP) is 4.38. The second-order valence-corrected chi connectivity index (χ2v) is 4.54. The first-order valence-electron chi connectivity index (χ1n) is 6.31. The average Bonchev–Trinajstić information content (AvgIpc) is 2.83. The minimum atomic E-state index is 1.15. The molecule has 0 aliphatic rings. The van der Waals surface area contributed by atoms with Crippen LogP contribution in [0.4, 0.5) is 0 Å². The van der Waals surface area contributed by atoms with Gasteiger partial charge in [-0.3, -0.25) is 0 Å². The number of rotatable bonds is 1. The third-order valence-electron chi connectivity index (χ3n) is 3.44. The average molecular weight is 241 g/mol. The zero-order chi connectivity index (χ0) is 12.7. The van der Waals surface area contributed by atoms with Crippen LogP contribution in [0.2, 0.25) is 0 Å². The van der Waals surface area contributed by atoms with Gasteiger partial charge in [0.2, 0.25) is 0 Å². The normalized spacial score (nSPS) is 11.2. The highest BCUT2D eigenvalue weighted by Gasteiger charge is 2.10. The number of nitrogens with zero attached hydrogens (tertiary/aromatic N) is 1. The van der Waals surface area contributed by atoms with E-state index in [1.165, 1.54) is 22.1 Å². The molecule has 0 aliphatic carbocycles. The molecule has 19 heavy (non-hydrogen) atoms. The lowest BCUT2D eigenvalue weighted by atomic mass is 10.2. The Labute approximate surface area is 111 Å². The molecule has 1 nitrogen and oxygen atoms in total. The van der Waals surface area contributed by atoms with Gasteiger partial charge in [0, 0.05) is 16.5 Å². The second kappa shape index (κ2) is 3.99. The largest absolute Gasteiger partial charge is 0.309 e. The van der Waals surface area contributed by atoms with Gasteiger partial charge in [-0.1, -0.05) is 36.4 Å². The maximum Gasteiger partial charge on any atom is 0.0547 e. The van der Waals surface area contributed by atoms with Crippen LogP contribution in [0.15, 0.2) is 66.7 Å². The van der Waals surface area contributed by atoms with Gasteiger partial charge in [0.05, 0.1) is 11.0 Å². The molecule has 4 rings (SSSR count). The maximum atomic E-state index is 3.34. The fraction of sp³-hybridized carbons (Fsp3) is 0. The second-order valence-electron chi connectivity index (χ2n) is 4.54. The predicted molar refractivity (Wildman–Crippen MR) is 78.5 cm³/mol. The fourth-order valence-electron chi connectivity index (χ4n) is 2.63. The smallest absolute Gasteiger partial charge is 0.0547 e. The lowest BCUT2D eigenvalue weighted by molar-refractivity contribution is 1.18. The first-order valence-corrected chi connectivity index (χ1v) is 6.31. The number of hydrogen-bond donors (Lipinski definition) is 0. The molecule has 0 saturated carbocycles. The monoisotopic (exact) mass is 241 g/mol. The van der Waals surface area contributed by atoms with Crippen LogP contribution in [0.1, 0.15) is 0 Å². The summed E-state index contributed by atoms with van der Waals surface area (Å²) in [5.41, 5.74) is 3.55. The summed E-state index contributed by atoms with van der Waals surface area (Å²) in [7, 11) is 0. The Hall–Kier alpha value is -2.54. The molecule has 1 aromatic heterocycles. The van der Waals surface area contributed by atoms with Crippen LogP contribution in [0.3, 0.4) is 0 Å². The maximum absolute atomic E-state index is 3.34. The first-order chi connectivity index (χ1) is 9.45. The summed E-state index contributed by atoms with van der Waals surface area (Å²) in [5.74, 6) is 0. The van der Waals surface area contributed by atoms with Gasteiger partial charge in [-0.05, 0) is 42.5 Å². The van der Waals surface area contributed by atoms with E-state index in [-0.39, 0.29) is 0 Å². The molecule has 0 aliphatic heterocycles. The number of para-hydroxylation sites is 1. The van der Waals surface area contributed by atoms with Gasteiger partial charge in [0.1, 0.15) is 0 Å². The van der Waals surface area contributed by atoms with Crippen LogP contribution in [-0.2, 0) is 0 Å². The molecule has 0 amide bonds. The van der Waals surface area contributed by atoms with Crippen LogP contribution < -0.4 is 0 Å². The lowest BCUT2D eigenvalue weighted by Crippen LogP contribution is -1.92. The lowest BCUT2D eigenvalue weighted by Gasteiger charge is -2.06. The Balaban J connectivity index is 2.24. The van der Waals surface area contributed by atoms with E-state index in [1.54, 1.807) is 0 Å². The van der Waals surface area contributed by atoms with Crippen LogP contribution in [0, 0.1) is 12.1 Å². The van der Waals surface area contributed by atoms with Gasteiger partial charge >= 0.3 is 0 Å². The molecular formula is C18H11N. The Morgan fingerprint density at radius 2 is 1.68 bits per heavy atom. The Kier molecular flexibility index (Phi) is 2.18. The molecule has 88 valence electrons. The Morgan fingerprint density at radius 3 is 2.58 bits per heavy atom. The van der Waals surface area contributed by atoms with Crippen LogP contribution in [-0.4, -0.2) is 4.57 Å². The van der Waals surface area contributed by atoms with Crippen molar-refractivity contribution in [3.63, 3.8) is 0 Å². The summed E-state index contributed by atoms with van der Waals surface area (Å²) in [4.78, 5) is 0. The molecule has 0 unspecified atom stereocenters. The summed E-state index contributed by atoms with van der Waals surface area (Å²) >= 11 is 0. The molecule has 4 aromatic rings. The number of fused-ring (bicyclic) bond motifs is 3. The van der Waals surface area contributed by atoms with Gasteiger partial charge in [-0.2, -0.15) is 0 Å². The van der Waals surface area contributed by atoms with Gasteiger partial charge in [0.15, 0.2) is 0 Å². The molecule has 0 spiro atoms. The molecule has 0 atom stereocenters. The molecule has 1 heteroatoms. The van der Waals surface area contributed by atoms with E-state index < -0.39 is 0 Å². The van der Waals surface area contributed by atoms with Crippen molar-refractivity contribution in [2.45, 2.75) is 0 Å². The third-order valence-corrected chi connectivity index (χ3v) is 3.44. The molecule has 0 bridgehead atoms. The molecule has 0 N–H and O–H groups in total. The Bertz CT molecular complexity index is 803. The molecule has 2 radical (unpaired) electrons. The van der Waals surface area contributed by atoms with E-state index in [4.69, 9.17) is 0 Å². The van der Waals surface area contributed by atoms with Crippen LogP contribution in [0.25, 0.3) is 27.5 Å². The van der Waals surface area contributed by atoms with Crippen molar-refractivity contribution < 1.29 is 0 Å². The molecular weight excluding hydrogens is 230 g/mol. The fourth-order valence-corrected chi connectivity index (χ4v) is 2.63. The molecule has 3 aromatic carbocycles. The summed E-state index contributed by atoms with van der Waals surface area (Å²) < 4.78 is 2.27. The van der Waals surface area contributed by atoms with E-state index in [2.05, 4.69) is 53.1 Å². The highest BCUT2D eigenvalue weighted by Crippen LogP contribution is 2.30. The quantitative estimate of drug-likeness (QED) is 0.466. The highest BCUT2D eigenvalue weighted by atomic mass is 15.0. The van der Waals surface area contributed by atoms with E-state index in [0.29, 0.717) is 0 Å². The summed E-state index contributed by atoms with van der Waals surface area (Å²) in [6, 6.07) is 29.2.